The molecule has 0 radical (unpaired) electrons. The van der Waals surface area contributed by atoms with Crippen LogP contribution >= 0.6 is 28.1 Å². The lowest BCUT2D eigenvalue weighted by atomic mass is 9.92. The molecule has 2 aromatic rings. The smallest absolute Gasteiger partial charge is 0.182 e. The molecule has 1 aromatic heterocycles. The van der Waals surface area contributed by atoms with Crippen molar-refractivity contribution in [2.24, 2.45) is 0 Å². The topological polar surface area (TPSA) is 20.7 Å². The van der Waals surface area contributed by atoms with Gasteiger partial charge in [-0.15, -0.1) is 0 Å². The van der Waals surface area contributed by atoms with E-state index in [4.69, 9.17) is 12.2 Å². The van der Waals surface area contributed by atoms with E-state index < -0.39 is 0 Å². The molecule has 0 saturated carbocycles. The highest BCUT2D eigenvalue weighted by Gasteiger charge is 2.21. The summed E-state index contributed by atoms with van der Waals surface area (Å²) in [6.07, 6.45) is 1.84. The van der Waals surface area contributed by atoms with Crippen molar-refractivity contribution in [3.05, 3.63) is 45.2 Å². The quantitative estimate of drug-likeness (QED) is 0.750. The zero-order valence-electron chi connectivity index (χ0n) is 10.4. The lowest BCUT2D eigenvalue weighted by Crippen LogP contribution is -2.17. The summed E-state index contributed by atoms with van der Waals surface area (Å²) in [5, 5.41) is 0. The minimum absolute atomic E-state index is 0.123. The first-order valence-electron chi connectivity index (χ1n) is 5.57. The average Bonchev–Trinajstić information content (AvgIpc) is 2.63. The molecule has 96 valence electrons. The molecule has 1 aromatic carbocycles. The van der Waals surface area contributed by atoms with Gasteiger partial charge in [0.05, 0.1) is 5.69 Å². The number of aromatic nitrogens is 2. The summed E-state index contributed by atoms with van der Waals surface area (Å²) < 4.78 is 17.0. The largest absolute Gasteiger partial charge is 0.337 e. The van der Waals surface area contributed by atoms with Gasteiger partial charge in [0.25, 0.3) is 0 Å². The van der Waals surface area contributed by atoms with E-state index in [0.29, 0.717) is 10.5 Å². The van der Waals surface area contributed by atoms with Crippen LogP contribution in [-0.2, 0) is 5.41 Å². The standard InChI is InChI=1S/C13H14BrFN2S/c1-13(2,3)11-7-16-12(18)17(11)10-6-8(14)4-5-9(10)15/h4-7H,1-3H3,(H,16,18). The minimum atomic E-state index is -0.292. The molecular formula is C13H14BrFN2S. The van der Waals surface area contributed by atoms with Crippen LogP contribution in [0.2, 0.25) is 0 Å². The molecule has 18 heavy (non-hydrogen) atoms. The Hall–Kier alpha value is -0.940. The van der Waals surface area contributed by atoms with Gasteiger partial charge in [0.1, 0.15) is 5.82 Å². The number of halogens is 2. The second kappa shape index (κ2) is 4.63. The summed E-state index contributed by atoms with van der Waals surface area (Å²) in [5.74, 6) is -0.292. The van der Waals surface area contributed by atoms with Crippen molar-refractivity contribution < 1.29 is 4.39 Å². The van der Waals surface area contributed by atoms with Crippen molar-refractivity contribution in [1.29, 1.82) is 0 Å². The van der Waals surface area contributed by atoms with Crippen LogP contribution in [0.25, 0.3) is 5.69 Å². The highest BCUT2D eigenvalue weighted by Crippen LogP contribution is 2.28. The zero-order chi connectivity index (χ0) is 13.5. The third-order valence-electron chi connectivity index (χ3n) is 2.69. The van der Waals surface area contributed by atoms with Crippen LogP contribution in [0.4, 0.5) is 4.39 Å². The van der Waals surface area contributed by atoms with E-state index in [9.17, 15) is 4.39 Å². The van der Waals surface area contributed by atoms with Crippen LogP contribution in [0.1, 0.15) is 26.5 Å². The first kappa shape index (κ1) is 13.5. The van der Waals surface area contributed by atoms with Crippen LogP contribution < -0.4 is 0 Å². The Balaban J connectivity index is 2.75. The fourth-order valence-corrected chi connectivity index (χ4v) is 2.42. The maximum atomic E-state index is 14.0. The molecule has 0 fully saturated rings. The number of H-pyrrole nitrogens is 1. The number of benzene rings is 1. The summed E-state index contributed by atoms with van der Waals surface area (Å²) in [6, 6.07) is 4.83. The molecule has 1 N–H and O–H groups in total. The lowest BCUT2D eigenvalue weighted by molar-refractivity contribution is 0.546. The van der Waals surface area contributed by atoms with Gasteiger partial charge in [0, 0.05) is 21.8 Å². The van der Waals surface area contributed by atoms with Crippen molar-refractivity contribution in [3.63, 3.8) is 0 Å². The van der Waals surface area contributed by atoms with Gasteiger partial charge in [-0.05, 0) is 30.4 Å². The number of nitrogens with zero attached hydrogens (tertiary/aromatic N) is 1. The van der Waals surface area contributed by atoms with Crippen LogP contribution in [0.15, 0.2) is 28.9 Å². The summed E-state index contributed by atoms with van der Waals surface area (Å²) in [7, 11) is 0. The molecule has 0 aliphatic carbocycles. The summed E-state index contributed by atoms with van der Waals surface area (Å²) in [4.78, 5) is 2.98. The van der Waals surface area contributed by atoms with Crippen molar-refractivity contribution in [1.82, 2.24) is 9.55 Å². The number of hydrogen-bond acceptors (Lipinski definition) is 1. The monoisotopic (exact) mass is 328 g/mol. The van der Waals surface area contributed by atoms with Gasteiger partial charge in [-0.2, -0.15) is 0 Å². The number of aromatic amines is 1. The molecule has 1 heterocycles. The predicted molar refractivity (Wildman–Crippen MR) is 77.3 cm³/mol. The van der Waals surface area contributed by atoms with E-state index in [1.54, 1.807) is 16.7 Å². The fraction of sp³-hybridized carbons (Fsp3) is 0.308. The zero-order valence-corrected chi connectivity index (χ0v) is 12.8. The van der Waals surface area contributed by atoms with E-state index >= 15 is 0 Å². The Labute approximate surface area is 119 Å². The number of imidazole rings is 1. The van der Waals surface area contributed by atoms with Gasteiger partial charge in [0.2, 0.25) is 0 Å². The highest BCUT2D eigenvalue weighted by molar-refractivity contribution is 9.10. The van der Waals surface area contributed by atoms with E-state index in [2.05, 4.69) is 41.7 Å². The van der Waals surface area contributed by atoms with E-state index in [-0.39, 0.29) is 11.2 Å². The van der Waals surface area contributed by atoms with Gasteiger partial charge < -0.3 is 4.98 Å². The molecule has 0 spiro atoms. The third-order valence-corrected chi connectivity index (χ3v) is 3.49. The molecular weight excluding hydrogens is 315 g/mol. The molecule has 0 unspecified atom stereocenters. The third kappa shape index (κ3) is 2.42. The predicted octanol–water partition coefficient (Wildman–Crippen LogP) is 4.73. The maximum Gasteiger partial charge on any atom is 0.182 e. The second-order valence-corrected chi connectivity index (χ2v) is 6.46. The Morgan fingerprint density at radius 3 is 2.61 bits per heavy atom. The summed E-state index contributed by atoms with van der Waals surface area (Å²) in [6.45, 7) is 6.20. The van der Waals surface area contributed by atoms with Gasteiger partial charge in [-0.1, -0.05) is 36.7 Å². The molecule has 0 aliphatic rings. The van der Waals surface area contributed by atoms with Crippen molar-refractivity contribution in [3.8, 4) is 5.69 Å². The first-order valence-corrected chi connectivity index (χ1v) is 6.77. The molecule has 2 nitrogen and oxygen atoms in total. The normalized spacial score (nSPS) is 11.8. The SMILES string of the molecule is CC(C)(C)c1c[nH]c(=S)n1-c1cc(Br)ccc1F. The Bertz CT molecular complexity index is 637. The summed E-state index contributed by atoms with van der Waals surface area (Å²) >= 11 is 8.61. The molecule has 5 heteroatoms. The Morgan fingerprint density at radius 2 is 2.00 bits per heavy atom. The van der Waals surface area contributed by atoms with Crippen molar-refractivity contribution in [2.75, 3.05) is 0 Å². The van der Waals surface area contributed by atoms with E-state index in [1.807, 2.05) is 6.20 Å². The van der Waals surface area contributed by atoms with Crippen LogP contribution in [0.3, 0.4) is 0 Å². The van der Waals surface area contributed by atoms with Gasteiger partial charge in [-0.25, -0.2) is 4.39 Å². The molecule has 0 aliphatic heterocycles. The van der Waals surface area contributed by atoms with E-state index in [0.717, 1.165) is 10.2 Å². The molecule has 0 saturated heterocycles. The van der Waals surface area contributed by atoms with E-state index in [1.165, 1.54) is 6.07 Å². The number of rotatable bonds is 1. The lowest BCUT2D eigenvalue weighted by Gasteiger charge is -2.21. The molecule has 0 amide bonds. The van der Waals surface area contributed by atoms with Crippen LogP contribution in [0, 0.1) is 10.6 Å². The first-order chi connectivity index (χ1) is 8.30. The minimum Gasteiger partial charge on any atom is -0.337 e. The van der Waals surface area contributed by atoms with Crippen molar-refractivity contribution >= 4 is 28.1 Å². The van der Waals surface area contributed by atoms with Gasteiger partial charge in [-0.3, -0.25) is 4.57 Å². The maximum absolute atomic E-state index is 14.0. The van der Waals surface area contributed by atoms with Gasteiger partial charge >= 0.3 is 0 Å². The van der Waals surface area contributed by atoms with Gasteiger partial charge in [0.15, 0.2) is 4.77 Å². The number of nitrogens with one attached hydrogen (secondary N) is 1. The number of hydrogen-bond donors (Lipinski definition) is 1. The fourth-order valence-electron chi connectivity index (χ4n) is 1.82. The second-order valence-electron chi connectivity index (χ2n) is 5.16. The average molecular weight is 329 g/mol. The molecule has 2 rings (SSSR count). The highest BCUT2D eigenvalue weighted by atomic mass is 79.9. The molecule has 0 bridgehead atoms. The Morgan fingerprint density at radius 1 is 1.33 bits per heavy atom. The summed E-state index contributed by atoms with van der Waals surface area (Å²) in [5.41, 5.74) is 1.28. The van der Waals surface area contributed by atoms with Crippen LogP contribution in [0.5, 0.6) is 0 Å². The van der Waals surface area contributed by atoms with Crippen LogP contribution in [-0.4, -0.2) is 9.55 Å². The molecule has 0 atom stereocenters. The Kier molecular flexibility index (Phi) is 3.47. The van der Waals surface area contributed by atoms with Crippen molar-refractivity contribution in [2.45, 2.75) is 26.2 Å².